The predicted molar refractivity (Wildman–Crippen MR) is 79.4 cm³/mol. The number of hydrogen-bond acceptors (Lipinski definition) is 5. The van der Waals surface area contributed by atoms with Crippen LogP contribution in [-0.4, -0.2) is 38.4 Å². The van der Waals surface area contributed by atoms with E-state index < -0.39 is 16.0 Å². The molecule has 2 rings (SSSR count). The fourth-order valence-corrected chi connectivity index (χ4v) is 4.63. The molecule has 0 bridgehead atoms. The highest BCUT2D eigenvalue weighted by atomic mass is 32.2. The summed E-state index contributed by atoms with van der Waals surface area (Å²) in [5, 5.41) is 0. The maximum atomic E-state index is 12.8. The number of carbonyl (C=O) groups is 1. The molecule has 1 aromatic rings. The van der Waals surface area contributed by atoms with Gasteiger partial charge in [-0.2, -0.15) is 4.31 Å². The number of carbonyl (C=O) groups excluding carboxylic acids is 1. The van der Waals surface area contributed by atoms with Crippen LogP contribution in [0, 0.1) is 0 Å². The Morgan fingerprint density at radius 3 is 2.81 bits per heavy atom. The molecule has 0 aromatic heterocycles. The zero-order chi connectivity index (χ0) is 15.6. The summed E-state index contributed by atoms with van der Waals surface area (Å²) in [6.07, 6.45) is 2.43. The Balaban J connectivity index is 2.52. The summed E-state index contributed by atoms with van der Waals surface area (Å²) >= 11 is 0. The molecule has 0 aliphatic carbocycles. The average Bonchev–Trinajstić information content (AvgIpc) is 2.95. The van der Waals surface area contributed by atoms with Crippen LogP contribution in [0.2, 0.25) is 0 Å². The van der Waals surface area contributed by atoms with Gasteiger partial charge in [0.1, 0.15) is 0 Å². The van der Waals surface area contributed by atoms with Gasteiger partial charge < -0.3 is 10.5 Å². The second-order valence-corrected chi connectivity index (χ2v) is 6.93. The molecule has 0 amide bonds. The van der Waals surface area contributed by atoms with Gasteiger partial charge >= 0.3 is 5.97 Å². The molecule has 1 heterocycles. The van der Waals surface area contributed by atoms with Crippen LogP contribution in [0.25, 0.3) is 0 Å². The van der Waals surface area contributed by atoms with E-state index in [9.17, 15) is 13.2 Å². The maximum absolute atomic E-state index is 12.8. The van der Waals surface area contributed by atoms with Gasteiger partial charge in [0.15, 0.2) is 0 Å². The number of nitrogens with zero attached hydrogens (tertiary/aromatic N) is 1. The Kier molecular flexibility index (Phi) is 4.53. The Labute approximate surface area is 124 Å². The van der Waals surface area contributed by atoms with Crippen LogP contribution in [0.3, 0.4) is 0 Å². The number of esters is 1. The molecule has 1 saturated heterocycles. The van der Waals surface area contributed by atoms with E-state index in [-0.39, 0.29) is 16.5 Å². The summed E-state index contributed by atoms with van der Waals surface area (Å²) in [5.74, 6) is -0.701. The zero-order valence-corrected chi connectivity index (χ0v) is 13.0. The number of ether oxygens (including phenoxy) is 1. The van der Waals surface area contributed by atoms with Crippen molar-refractivity contribution in [2.75, 3.05) is 19.4 Å². The van der Waals surface area contributed by atoms with Crippen molar-refractivity contribution < 1.29 is 17.9 Å². The molecule has 0 spiro atoms. The number of nitrogen functional groups attached to an aromatic ring is 1. The summed E-state index contributed by atoms with van der Waals surface area (Å²) in [5.41, 5.74) is 5.96. The molecule has 21 heavy (non-hydrogen) atoms. The van der Waals surface area contributed by atoms with Crippen LogP contribution >= 0.6 is 0 Å². The molecule has 2 N–H and O–H groups in total. The van der Waals surface area contributed by atoms with Gasteiger partial charge in [-0.1, -0.05) is 6.92 Å². The van der Waals surface area contributed by atoms with Crippen LogP contribution in [0.5, 0.6) is 0 Å². The molecule has 7 heteroatoms. The van der Waals surface area contributed by atoms with E-state index in [0.29, 0.717) is 12.2 Å². The molecule has 6 nitrogen and oxygen atoms in total. The van der Waals surface area contributed by atoms with Gasteiger partial charge in [-0.25, -0.2) is 13.2 Å². The summed E-state index contributed by atoms with van der Waals surface area (Å²) in [6, 6.07) is 4.19. The average molecular weight is 312 g/mol. The van der Waals surface area contributed by atoms with Crippen LogP contribution in [0.1, 0.15) is 36.5 Å². The van der Waals surface area contributed by atoms with E-state index in [0.717, 1.165) is 19.3 Å². The summed E-state index contributed by atoms with van der Waals surface area (Å²) < 4.78 is 31.8. The van der Waals surface area contributed by atoms with Gasteiger partial charge in [0.2, 0.25) is 10.0 Å². The Morgan fingerprint density at radius 2 is 2.19 bits per heavy atom. The molecular formula is C14H20N2O4S. The SMILES string of the molecule is CCC1CCCN1S(=O)(=O)c1ccc(N)cc1C(=O)OC. The topological polar surface area (TPSA) is 89.7 Å². The zero-order valence-electron chi connectivity index (χ0n) is 12.2. The molecule has 1 atom stereocenters. The summed E-state index contributed by atoms with van der Waals surface area (Å²) in [6.45, 7) is 2.44. The Bertz CT molecular complexity index is 642. The third-order valence-corrected chi connectivity index (χ3v) is 5.80. The number of nitrogens with two attached hydrogens (primary N) is 1. The minimum absolute atomic E-state index is 0.0146. The third kappa shape index (κ3) is 2.89. The molecule has 1 aliphatic rings. The van der Waals surface area contributed by atoms with Crippen molar-refractivity contribution in [3.63, 3.8) is 0 Å². The number of benzene rings is 1. The number of sulfonamides is 1. The first-order valence-corrected chi connectivity index (χ1v) is 8.35. The lowest BCUT2D eigenvalue weighted by Crippen LogP contribution is -2.36. The maximum Gasteiger partial charge on any atom is 0.339 e. The van der Waals surface area contributed by atoms with Gasteiger partial charge in [-0.3, -0.25) is 0 Å². The molecule has 1 aliphatic heterocycles. The van der Waals surface area contributed by atoms with Crippen LogP contribution < -0.4 is 5.73 Å². The Morgan fingerprint density at radius 1 is 1.48 bits per heavy atom. The number of rotatable bonds is 4. The van der Waals surface area contributed by atoms with Gasteiger partial charge in [0, 0.05) is 18.3 Å². The van der Waals surface area contributed by atoms with Gasteiger partial charge in [0.05, 0.1) is 17.6 Å². The second kappa shape index (κ2) is 6.03. The largest absolute Gasteiger partial charge is 0.465 e. The molecule has 1 fully saturated rings. The van der Waals surface area contributed by atoms with E-state index in [1.54, 1.807) is 0 Å². The first-order valence-electron chi connectivity index (χ1n) is 6.91. The van der Waals surface area contributed by atoms with E-state index in [4.69, 9.17) is 5.73 Å². The molecule has 116 valence electrons. The lowest BCUT2D eigenvalue weighted by atomic mass is 10.2. The predicted octanol–water partition coefficient (Wildman–Crippen LogP) is 1.62. The molecule has 1 unspecified atom stereocenters. The highest BCUT2D eigenvalue weighted by Crippen LogP contribution is 2.30. The van der Waals surface area contributed by atoms with Crippen LogP contribution in [-0.2, 0) is 14.8 Å². The van der Waals surface area contributed by atoms with E-state index in [2.05, 4.69) is 4.74 Å². The molecule has 1 aromatic carbocycles. The molecular weight excluding hydrogens is 292 g/mol. The summed E-state index contributed by atoms with van der Waals surface area (Å²) in [4.78, 5) is 11.8. The smallest absolute Gasteiger partial charge is 0.339 e. The number of methoxy groups -OCH3 is 1. The van der Waals surface area contributed by atoms with E-state index in [1.165, 1.54) is 29.6 Å². The molecule has 0 radical (unpaired) electrons. The minimum atomic E-state index is -3.73. The minimum Gasteiger partial charge on any atom is -0.465 e. The van der Waals surface area contributed by atoms with Crippen LogP contribution in [0.15, 0.2) is 23.1 Å². The van der Waals surface area contributed by atoms with Gasteiger partial charge in [0.25, 0.3) is 0 Å². The molecule has 0 saturated carbocycles. The number of anilines is 1. The monoisotopic (exact) mass is 312 g/mol. The van der Waals surface area contributed by atoms with Crippen molar-refractivity contribution in [1.29, 1.82) is 0 Å². The fraction of sp³-hybridized carbons (Fsp3) is 0.500. The summed E-state index contributed by atoms with van der Waals surface area (Å²) in [7, 11) is -2.51. The highest BCUT2D eigenvalue weighted by molar-refractivity contribution is 7.89. The normalized spacial score (nSPS) is 19.6. The van der Waals surface area contributed by atoms with Crippen molar-refractivity contribution >= 4 is 21.7 Å². The van der Waals surface area contributed by atoms with E-state index >= 15 is 0 Å². The lowest BCUT2D eigenvalue weighted by molar-refractivity contribution is 0.0596. The van der Waals surface area contributed by atoms with Crippen LogP contribution in [0.4, 0.5) is 5.69 Å². The van der Waals surface area contributed by atoms with Gasteiger partial charge in [-0.05, 0) is 37.5 Å². The van der Waals surface area contributed by atoms with Gasteiger partial charge in [-0.15, -0.1) is 0 Å². The van der Waals surface area contributed by atoms with E-state index in [1.807, 2.05) is 6.92 Å². The lowest BCUT2D eigenvalue weighted by Gasteiger charge is -2.24. The third-order valence-electron chi connectivity index (χ3n) is 3.79. The highest BCUT2D eigenvalue weighted by Gasteiger charge is 2.36. The quantitative estimate of drug-likeness (QED) is 0.674. The number of hydrogen-bond donors (Lipinski definition) is 1. The first kappa shape index (κ1) is 15.8. The van der Waals surface area contributed by atoms with Crippen molar-refractivity contribution in [2.24, 2.45) is 0 Å². The van der Waals surface area contributed by atoms with Crippen molar-refractivity contribution in [3.8, 4) is 0 Å². The van der Waals surface area contributed by atoms with Crippen molar-refractivity contribution in [1.82, 2.24) is 4.31 Å². The van der Waals surface area contributed by atoms with Crippen molar-refractivity contribution in [3.05, 3.63) is 23.8 Å². The van der Waals surface area contributed by atoms with Crippen molar-refractivity contribution in [2.45, 2.75) is 37.1 Å². The first-order chi connectivity index (χ1) is 9.91. The standard InChI is InChI=1S/C14H20N2O4S/c1-3-11-5-4-8-16(11)21(18,19)13-7-6-10(15)9-12(13)14(17)20-2/h6-7,9,11H,3-5,8,15H2,1-2H3. The Hall–Kier alpha value is -1.60. The fourth-order valence-electron chi connectivity index (χ4n) is 2.70. The second-order valence-electron chi connectivity index (χ2n) is 5.07.